The summed E-state index contributed by atoms with van der Waals surface area (Å²) in [5.74, 6) is 0.385. The van der Waals surface area contributed by atoms with Gasteiger partial charge in [-0.05, 0) is 69.7 Å². The number of hydrogen-bond acceptors (Lipinski definition) is 3. The number of hydrogen-bond donors (Lipinski definition) is 2. The van der Waals surface area contributed by atoms with Gasteiger partial charge in [0.25, 0.3) is 0 Å². The average molecular weight is 511 g/mol. The molecule has 0 saturated heterocycles. The van der Waals surface area contributed by atoms with E-state index in [1.807, 2.05) is 36.4 Å². The highest BCUT2D eigenvalue weighted by atomic mass is 79.9. The number of halogens is 2. The Morgan fingerprint density at radius 3 is 2.69 bits per heavy atom. The third-order valence-corrected chi connectivity index (χ3v) is 7.25. The lowest BCUT2D eigenvalue weighted by Crippen LogP contribution is -2.29. The molecule has 2 aliphatic rings. The highest BCUT2D eigenvalue weighted by Gasteiger charge is 2.39. The normalized spacial score (nSPS) is 20.9. The molecule has 1 aliphatic carbocycles. The van der Waals surface area contributed by atoms with Gasteiger partial charge in [0.1, 0.15) is 12.4 Å². The molecule has 0 aromatic heterocycles. The molecule has 0 spiro atoms. The summed E-state index contributed by atoms with van der Waals surface area (Å²) >= 11 is 9.80. The number of ether oxygens (including phenoxy) is 1. The summed E-state index contributed by atoms with van der Waals surface area (Å²) in [5, 5.41) is 13.8. The van der Waals surface area contributed by atoms with Crippen molar-refractivity contribution in [2.75, 3.05) is 5.32 Å². The van der Waals surface area contributed by atoms with Crippen molar-refractivity contribution in [2.45, 2.75) is 25.0 Å². The number of carboxylic acid groups (broad SMARTS) is 1. The summed E-state index contributed by atoms with van der Waals surface area (Å²) in [6, 6.07) is 19.4. The highest BCUT2D eigenvalue weighted by molar-refractivity contribution is 9.10. The molecule has 3 aromatic rings. The highest BCUT2D eigenvalue weighted by Crippen LogP contribution is 2.52. The number of aromatic carboxylic acids is 1. The van der Waals surface area contributed by atoms with Gasteiger partial charge in [-0.15, -0.1) is 0 Å². The van der Waals surface area contributed by atoms with E-state index in [2.05, 4.69) is 45.5 Å². The van der Waals surface area contributed by atoms with Crippen LogP contribution in [0, 0.1) is 5.92 Å². The molecule has 4 nitrogen and oxygen atoms in total. The van der Waals surface area contributed by atoms with Crippen LogP contribution in [0.3, 0.4) is 0 Å². The molecule has 6 heteroatoms. The van der Waals surface area contributed by atoms with E-state index in [9.17, 15) is 9.90 Å². The summed E-state index contributed by atoms with van der Waals surface area (Å²) in [4.78, 5) is 11.5. The lowest BCUT2D eigenvalue weighted by Gasteiger charge is -2.38. The van der Waals surface area contributed by atoms with Gasteiger partial charge in [0.15, 0.2) is 0 Å². The second-order valence-electron chi connectivity index (χ2n) is 8.15. The van der Waals surface area contributed by atoms with Gasteiger partial charge >= 0.3 is 5.97 Å². The van der Waals surface area contributed by atoms with Crippen LogP contribution in [0.25, 0.3) is 0 Å². The number of carbonyl (C=O) groups is 1. The van der Waals surface area contributed by atoms with Crippen LogP contribution < -0.4 is 10.1 Å². The lowest BCUT2D eigenvalue weighted by molar-refractivity contribution is 0.0696. The quantitative estimate of drug-likeness (QED) is 0.356. The van der Waals surface area contributed by atoms with Gasteiger partial charge in [0.2, 0.25) is 0 Å². The average Bonchev–Trinajstić information content (AvgIpc) is 3.29. The fourth-order valence-electron chi connectivity index (χ4n) is 4.66. The topological polar surface area (TPSA) is 58.6 Å². The Balaban J connectivity index is 1.38. The van der Waals surface area contributed by atoms with Gasteiger partial charge in [-0.25, -0.2) is 4.79 Å². The molecule has 1 heterocycles. The molecule has 0 bridgehead atoms. The maximum Gasteiger partial charge on any atom is 0.335 e. The maximum atomic E-state index is 11.5. The molecule has 2 N–H and O–H groups in total. The Hall–Kier alpha value is -2.76. The minimum absolute atomic E-state index is 0.118. The molecular weight excluding hydrogens is 490 g/mol. The molecule has 0 amide bonds. The summed E-state index contributed by atoms with van der Waals surface area (Å²) in [6.45, 7) is 0.418. The molecule has 0 fully saturated rings. The van der Waals surface area contributed by atoms with Crippen molar-refractivity contribution < 1.29 is 14.6 Å². The van der Waals surface area contributed by atoms with Crippen LogP contribution in [-0.2, 0) is 6.61 Å². The van der Waals surface area contributed by atoms with E-state index in [0.717, 1.165) is 33.5 Å². The third-order valence-electron chi connectivity index (χ3n) is 6.26. The van der Waals surface area contributed by atoms with E-state index in [0.29, 0.717) is 23.1 Å². The van der Waals surface area contributed by atoms with Crippen LogP contribution in [0.4, 0.5) is 5.69 Å². The van der Waals surface area contributed by atoms with Gasteiger partial charge in [-0.3, -0.25) is 0 Å². The van der Waals surface area contributed by atoms with E-state index < -0.39 is 5.97 Å². The number of carboxylic acids is 1. The number of fused-ring (bicyclic) bond motifs is 3. The standard InChI is InChI=1S/C26H21BrClNO3/c27-22-13-17(26(30)31)12-21-19-5-3-6-20(19)24(29-25(21)22)15-8-10-18(11-9-15)32-14-16-4-1-2-7-23(16)28/h1-5,7-13,19-20,24,29H,6,14H2,(H,30,31)/t19-,20-,24-/m0/s1. The molecule has 1 aliphatic heterocycles. The van der Waals surface area contributed by atoms with Gasteiger partial charge in [0, 0.05) is 21.0 Å². The maximum absolute atomic E-state index is 11.5. The van der Waals surface area contributed by atoms with Crippen molar-refractivity contribution in [3.63, 3.8) is 0 Å². The number of benzene rings is 3. The van der Waals surface area contributed by atoms with Crippen LogP contribution in [0.5, 0.6) is 5.75 Å². The molecular formula is C26H21BrClNO3. The van der Waals surface area contributed by atoms with Gasteiger partial charge in [-0.2, -0.15) is 0 Å². The lowest BCUT2D eigenvalue weighted by atomic mass is 9.76. The van der Waals surface area contributed by atoms with Crippen LogP contribution in [-0.4, -0.2) is 11.1 Å². The molecule has 3 aromatic carbocycles. The Morgan fingerprint density at radius 1 is 1.16 bits per heavy atom. The summed E-state index contributed by atoms with van der Waals surface area (Å²) in [6.07, 6.45) is 5.35. The first-order valence-corrected chi connectivity index (χ1v) is 11.6. The summed E-state index contributed by atoms with van der Waals surface area (Å²) in [5.41, 5.74) is 4.43. The monoisotopic (exact) mass is 509 g/mol. The van der Waals surface area contributed by atoms with Crippen molar-refractivity contribution in [1.82, 2.24) is 0 Å². The fraction of sp³-hybridized carbons (Fsp3) is 0.192. The van der Waals surface area contributed by atoms with Crippen LogP contribution in [0.2, 0.25) is 5.02 Å². The van der Waals surface area contributed by atoms with E-state index in [1.54, 1.807) is 12.1 Å². The van der Waals surface area contributed by atoms with Gasteiger partial charge in [-0.1, -0.05) is 54.1 Å². The van der Waals surface area contributed by atoms with E-state index >= 15 is 0 Å². The predicted octanol–water partition coefficient (Wildman–Crippen LogP) is 7.21. The fourth-order valence-corrected chi connectivity index (χ4v) is 5.44. The number of allylic oxidation sites excluding steroid dienone is 2. The zero-order chi connectivity index (χ0) is 22.2. The van der Waals surface area contributed by atoms with E-state index in [1.165, 1.54) is 5.56 Å². The Kier molecular flexibility index (Phi) is 5.70. The molecule has 162 valence electrons. The SMILES string of the molecule is O=C(O)c1cc(Br)c2c(c1)[C@H]1C=CC[C@@H]1[C@H](c1ccc(OCc3ccccc3Cl)cc1)N2. The first kappa shape index (κ1) is 21.1. The molecule has 3 atom stereocenters. The van der Waals surface area contributed by atoms with Crippen LogP contribution in [0.1, 0.15) is 45.4 Å². The van der Waals surface area contributed by atoms with Gasteiger partial charge < -0.3 is 15.2 Å². The second-order valence-corrected chi connectivity index (χ2v) is 9.41. The van der Waals surface area contributed by atoms with Crippen molar-refractivity contribution in [3.05, 3.63) is 105 Å². The zero-order valence-electron chi connectivity index (χ0n) is 17.1. The van der Waals surface area contributed by atoms with Crippen LogP contribution in [0.15, 0.2) is 77.3 Å². The largest absolute Gasteiger partial charge is 0.489 e. The Morgan fingerprint density at radius 2 is 1.94 bits per heavy atom. The van der Waals surface area contributed by atoms with Crippen molar-refractivity contribution in [3.8, 4) is 5.75 Å². The van der Waals surface area contributed by atoms with E-state index in [-0.39, 0.29) is 12.0 Å². The van der Waals surface area contributed by atoms with Crippen molar-refractivity contribution >= 4 is 39.2 Å². The minimum Gasteiger partial charge on any atom is -0.489 e. The zero-order valence-corrected chi connectivity index (χ0v) is 19.4. The second kappa shape index (κ2) is 8.64. The Labute approximate surface area is 200 Å². The van der Waals surface area contributed by atoms with Crippen LogP contribution >= 0.6 is 27.5 Å². The minimum atomic E-state index is -0.915. The number of anilines is 1. The van der Waals surface area contributed by atoms with E-state index in [4.69, 9.17) is 16.3 Å². The predicted molar refractivity (Wildman–Crippen MR) is 130 cm³/mol. The molecule has 0 unspecified atom stereocenters. The van der Waals surface area contributed by atoms with Crippen molar-refractivity contribution in [2.24, 2.45) is 5.92 Å². The van der Waals surface area contributed by atoms with Crippen molar-refractivity contribution in [1.29, 1.82) is 0 Å². The smallest absolute Gasteiger partial charge is 0.335 e. The number of rotatable bonds is 5. The first-order chi connectivity index (χ1) is 15.5. The number of nitrogens with one attached hydrogen (secondary N) is 1. The molecule has 0 saturated carbocycles. The molecule has 5 rings (SSSR count). The molecule has 32 heavy (non-hydrogen) atoms. The summed E-state index contributed by atoms with van der Waals surface area (Å²) in [7, 11) is 0. The first-order valence-electron chi connectivity index (χ1n) is 10.5. The van der Waals surface area contributed by atoms with Gasteiger partial charge in [0.05, 0.1) is 17.3 Å². The Bertz CT molecular complexity index is 1210. The third kappa shape index (κ3) is 3.91. The summed E-state index contributed by atoms with van der Waals surface area (Å²) < 4.78 is 6.71. The molecule has 0 radical (unpaired) electrons.